The van der Waals surface area contributed by atoms with Crippen LogP contribution in [-0.2, 0) is 9.59 Å². The van der Waals surface area contributed by atoms with E-state index in [1.165, 1.54) is 13.3 Å². The summed E-state index contributed by atoms with van der Waals surface area (Å²) in [7, 11) is 0. The van der Waals surface area contributed by atoms with Crippen LogP contribution in [0.1, 0.15) is 39.0 Å². The molecule has 106 valence electrons. The highest BCUT2D eigenvalue weighted by molar-refractivity contribution is 5.87. The Morgan fingerprint density at radius 1 is 1.32 bits per heavy atom. The highest BCUT2D eigenvalue weighted by atomic mass is 16.4. The number of amides is 1. The molecule has 2 N–H and O–H groups in total. The SMILES string of the molecule is CC(=O)N[C@@H]1CCC(C(=O)O)=C[C@H]1N1CCCCC1. The molecule has 0 aromatic carbocycles. The number of carbonyl (C=O) groups is 2. The number of hydrogen-bond acceptors (Lipinski definition) is 3. The summed E-state index contributed by atoms with van der Waals surface area (Å²) in [4.78, 5) is 24.7. The molecule has 5 heteroatoms. The van der Waals surface area contributed by atoms with Crippen molar-refractivity contribution in [1.82, 2.24) is 10.2 Å². The van der Waals surface area contributed by atoms with E-state index in [4.69, 9.17) is 5.11 Å². The zero-order chi connectivity index (χ0) is 13.8. The number of hydrogen-bond donors (Lipinski definition) is 2. The van der Waals surface area contributed by atoms with Crippen molar-refractivity contribution in [1.29, 1.82) is 0 Å². The molecule has 0 unspecified atom stereocenters. The topological polar surface area (TPSA) is 69.6 Å². The molecule has 0 bridgehead atoms. The van der Waals surface area contributed by atoms with Crippen LogP contribution >= 0.6 is 0 Å². The van der Waals surface area contributed by atoms with E-state index < -0.39 is 5.97 Å². The number of rotatable bonds is 3. The van der Waals surface area contributed by atoms with Gasteiger partial charge in [-0.25, -0.2) is 4.79 Å². The molecule has 0 aromatic heterocycles. The van der Waals surface area contributed by atoms with Crippen LogP contribution in [0.5, 0.6) is 0 Å². The van der Waals surface area contributed by atoms with Gasteiger partial charge in [-0.15, -0.1) is 0 Å². The molecule has 0 aromatic rings. The highest BCUT2D eigenvalue weighted by Crippen LogP contribution is 2.25. The molecule has 0 spiro atoms. The van der Waals surface area contributed by atoms with Gasteiger partial charge in [-0.3, -0.25) is 9.69 Å². The van der Waals surface area contributed by atoms with Crippen LogP contribution in [0, 0.1) is 0 Å². The number of nitrogens with one attached hydrogen (secondary N) is 1. The molecule has 2 rings (SSSR count). The Bertz CT molecular complexity index is 386. The van der Waals surface area contributed by atoms with Crippen molar-refractivity contribution in [3.05, 3.63) is 11.6 Å². The Kier molecular flexibility index (Phi) is 4.58. The van der Waals surface area contributed by atoms with E-state index >= 15 is 0 Å². The van der Waals surface area contributed by atoms with E-state index in [0.717, 1.165) is 25.9 Å². The van der Waals surface area contributed by atoms with Crippen molar-refractivity contribution in [3.63, 3.8) is 0 Å². The van der Waals surface area contributed by atoms with Crippen molar-refractivity contribution in [2.75, 3.05) is 13.1 Å². The van der Waals surface area contributed by atoms with Gasteiger partial charge in [0.25, 0.3) is 0 Å². The van der Waals surface area contributed by atoms with Crippen LogP contribution in [0.4, 0.5) is 0 Å². The highest BCUT2D eigenvalue weighted by Gasteiger charge is 2.32. The maximum absolute atomic E-state index is 11.3. The van der Waals surface area contributed by atoms with Crippen LogP contribution in [0.25, 0.3) is 0 Å². The van der Waals surface area contributed by atoms with E-state index in [1.807, 2.05) is 6.08 Å². The second kappa shape index (κ2) is 6.19. The fourth-order valence-corrected chi connectivity index (χ4v) is 3.06. The Labute approximate surface area is 113 Å². The lowest BCUT2D eigenvalue weighted by Gasteiger charge is -2.40. The van der Waals surface area contributed by atoms with Gasteiger partial charge in [0.15, 0.2) is 0 Å². The molecule has 5 nitrogen and oxygen atoms in total. The third kappa shape index (κ3) is 3.56. The summed E-state index contributed by atoms with van der Waals surface area (Å²) in [5.41, 5.74) is 0.483. The quantitative estimate of drug-likeness (QED) is 0.804. The van der Waals surface area contributed by atoms with Gasteiger partial charge in [0.2, 0.25) is 5.91 Å². The molecule has 2 aliphatic rings. The third-order valence-electron chi connectivity index (χ3n) is 3.98. The van der Waals surface area contributed by atoms with E-state index in [9.17, 15) is 9.59 Å². The largest absolute Gasteiger partial charge is 0.478 e. The fourth-order valence-electron chi connectivity index (χ4n) is 3.06. The zero-order valence-corrected chi connectivity index (χ0v) is 11.4. The fraction of sp³-hybridized carbons (Fsp3) is 0.714. The molecule has 1 fully saturated rings. The van der Waals surface area contributed by atoms with Crippen LogP contribution in [0.2, 0.25) is 0 Å². The molecular formula is C14H22N2O3. The Morgan fingerprint density at radius 2 is 2.00 bits per heavy atom. The summed E-state index contributed by atoms with van der Waals surface area (Å²) in [5, 5.41) is 12.1. The minimum absolute atomic E-state index is 0.0315. The lowest BCUT2D eigenvalue weighted by molar-refractivity contribution is -0.133. The molecule has 0 radical (unpaired) electrons. The maximum Gasteiger partial charge on any atom is 0.331 e. The second-order valence-corrected chi connectivity index (χ2v) is 5.43. The number of carboxylic acid groups (broad SMARTS) is 1. The Hall–Kier alpha value is -1.36. The van der Waals surface area contributed by atoms with E-state index in [1.54, 1.807) is 0 Å². The van der Waals surface area contributed by atoms with E-state index in [2.05, 4.69) is 10.2 Å². The first-order valence-corrected chi connectivity index (χ1v) is 7.03. The standard InChI is InChI=1S/C14H22N2O3/c1-10(17)15-12-6-5-11(14(18)19)9-13(12)16-7-3-2-4-8-16/h9,12-13H,2-8H2,1H3,(H,15,17)(H,18,19)/t12-,13-/m1/s1. The van der Waals surface area contributed by atoms with Gasteiger partial charge in [-0.05, 0) is 38.8 Å². The first-order chi connectivity index (χ1) is 9.08. The number of carbonyl (C=O) groups excluding carboxylic acids is 1. The summed E-state index contributed by atoms with van der Waals surface area (Å²) in [6.07, 6.45) is 6.63. The molecule has 2 atom stereocenters. The van der Waals surface area contributed by atoms with Crippen molar-refractivity contribution in [3.8, 4) is 0 Å². The lowest BCUT2D eigenvalue weighted by Crippen LogP contribution is -2.53. The predicted octanol–water partition coefficient (Wildman–Crippen LogP) is 1.15. The maximum atomic E-state index is 11.3. The van der Waals surface area contributed by atoms with E-state index in [0.29, 0.717) is 18.4 Å². The summed E-state index contributed by atoms with van der Waals surface area (Å²) < 4.78 is 0. The number of aliphatic carboxylic acids is 1. The monoisotopic (exact) mass is 266 g/mol. The minimum Gasteiger partial charge on any atom is -0.478 e. The molecule has 1 heterocycles. The Balaban J connectivity index is 2.15. The normalized spacial score (nSPS) is 28.6. The van der Waals surface area contributed by atoms with E-state index in [-0.39, 0.29) is 18.0 Å². The van der Waals surface area contributed by atoms with Crippen molar-refractivity contribution >= 4 is 11.9 Å². The van der Waals surface area contributed by atoms with Crippen LogP contribution < -0.4 is 5.32 Å². The molecule has 0 saturated carbocycles. The smallest absolute Gasteiger partial charge is 0.331 e. The number of likely N-dealkylation sites (tertiary alicyclic amines) is 1. The van der Waals surface area contributed by atoms with Crippen LogP contribution in [0.15, 0.2) is 11.6 Å². The zero-order valence-electron chi connectivity index (χ0n) is 11.4. The average molecular weight is 266 g/mol. The van der Waals surface area contributed by atoms with Gasteiger partial charge in [-0.1, -0.05) is 12.5 Å². The van der Waals surface area contributed by atoms with Crippen molar-refractivity contribution in [2.45, 2.75) is 51.1 Å². The average Bonchev–Trinajstić information content (AvgIpc) is 2.39. The summed E-state index contributed by atoms with van der Waals surface area (Å²) in [6, 6.07) is 0.0720. The second-order valence-electron chi connectivity index (χ2n) is 5.43. The van der Waals surface area contributed by atoms with Gasteiger partial charge in [0.1, 0.15) is 0 Å². The number of nitrogens with zero attached hydrogens (tertiary/aromatic N) is 1. The van der Waals surface area contributed by atoms with Gasteiger partial charge in [-0.2, -0.15) is 0 Å². The van der Waals surface area contributed by atoms with Gasteiger partial charge in [0, 0.05) is 24.6 Å². The van der Waals surface area contributed by atoms with Crippen molar-refractivity contribution in [2.24, 2.45) is 0 Å². The third-order valence-corrected chi connectivity index (χ3v) is 3.98. The molecule has 1 saturated heterocycles. The first kappa shape index (κ1) is 14.1. The molecular weight excluding hydrogens is 244 g/mol. The molecule has 1 aliphatic carbocycles. The predicted molar refractivity (Wildman–Crippen MR) is 71.8 cm³/mol. The van der Waals surface area contributed by atoms with Gasteiger partial charge < -0.3 is 10.4 Å². The van der Waals surface area contributed by atoms with Gasteiger partial charge >= 0.3 is 5.97 Å². The summed E-state index contributed by atoms with van der Waals surface area (Å²) >= 11 is 0. The number of carboxylic acids is 1. The number of piperidine rings is 1. The molecule has 1 aliphatic heterocycles. The summed E-state index contributed by atoms with van der Waals surface area (Å²) in [6.45, 7) is 3.50. The molecule has 19 heavy (non-hydrogen) atoms. The Morgan fingerprint density at radius 3 is 2.58 bits per heavy atom. The van der Waals surface area contributed by atoms with Crippen LogP contribution in [0.3, 0.4) is 0 Å². The lowest BCUT2D eigenvalue weighted by atomic mass is 9.89. The summed E-state index contributed by atoms with van der Waals surface area (Å²) in [5.74, 6) is -0.873. The van der Waals surface area contributed by atoms with Gasteiger partial charge in [0.05, 0.1) is 0 Å². The van der Waals surface area contributed by atoms with Crippen molar-refractivity contribution < 1.29 is 14.7 Å². The minimum atomic E-state index is -0.830. The first-order valence-electron chi connectivity index (χ1n) is 7.03. The molecule has 1 amide bonds. The van der Waals surface area contributed by atoms with Crippen LogP contribution in [-0.4, -0.2) is 47.1 Å².